The molecule has 1 atom stereocenters. The molecule has 1 heterocycles. The van der Waals surface area contributed by atoms with Crippen LogP contribution in [0.5, 0.6) is 0 Å². The van der Waals surface area contributed by atoms with Gasteiger partial charge < -0.3 is 15.0 Å². The van der Waals surface area contributed by atoms with Crippen LogP contribution < -0.4 is 5.32 Å². The van der Waals surface area contributed by atoms with Crippen LogP contribution >= 0.6 is 0 Å². The number of likely N-dealkylation sites (N-methyl/N-ethyl adjacent to an activating group) is 1. The first-order valence-electron chi connectivity index (χ1n) is 5.34. The van der Waals surface area contributed by atoms with Crippen molar-refractivity contribution < 1.29 is 14.3 Å². The number of esters is 1. The molecule has 1 aromatic heterocycles. The number of ether oxygens (including phenoxy) is 1. The van der Waals surface area contributed by atoms with Crippen molar-refractivity contribution >= 4 is 17.7 Å². The second-order valence-corrected chi connectivity index (χ2v) is 3.86. The Balaban J connectivity index is 2.79. The highest BCUT2D eigenvalue weighted by Gasteiger charge is 2.16. The van der Waals surface area contributed by atoms with E-state index in [4.69, 9.17) is 0 Å². The van der Waals surface area contributed by atoms with Gasteiger partial charge in [-0.05, 0) is 13.0 Å². The Morgan fingerprint density at radius 1 is 1.44 bits per heavy atom. The van der Waals surface area contributed by atoms with Crippen LogP contribution in [0.2, 0.25) is 0 Å². The molecule has 0 aliphatic rings. The highest BCUT2D eigenvalue weighted by molar-refractivity contribution is 5.86. The average Bonchev–Trinajstić information content (AvgIpc) is 2.36. The predicted molar refractivity (Wildman–Crippen MR) is 65.2 cm³/mol. The van der Waals surface area contributed by atoms with Gasteiger partial charge in [0.25, 0.3) is 0 Å². The summed E-state index contributed by atoms with van der Waals surface area (Å²) in [4.78, 5) is 32.1. The second-order valence-electron chi connectivity index (χ2n) is 3.86. The number of anilines is 1. The first-order chi connectivity index (χ1) is 8.45. The minimum Gasteiger partial charge on any atom is -0.463 e. The molecule has 0 saturated carbocycles. The summed E-state index contributed by atoms with van der Waals surface area (Å²) in [5.41, 5.74) is 0. The summed E-state index contributed by atoms with van der Waals surface area (Å²) >= 11 is 0. The maximum atomic E-state index is 11.7. The lowest BCUT2D eigenvalue weighted by molar-refractivity contribution is -0.129. The molecular formula is C11H16N4O3. The number of carbonyl (C=O) groups excluding carboxylic acids is 2. The summed E-state index contributed by atoms with van der Waals surface area (Å²) in [7, 11) is 4.59. The fourth-order valence-corrected chi connectivity index (χ4v) is 1.30. The van der Waals surface area contributed by atoms with Crippen molar-refractivity contribution in [3.63, 3.8) is 0 Å². The van der Waals surface area contributed by atoms with Gasteiger partial charge in [0, 0.05) is 20.3 Å². The summed E-state index contributed by atoms with van der Waals surface area (Å²) in [6, 6.07) is 1.13. The van der Waals surface area contributed by atoms with Crippen LogP contribution in [-0.2, 0) is 9.53 Å². The SMILES string of the molecule is COC(=O)c1nccc(NC(C)C(=O)N(C)C)n1. The third-order valence-corrected chi connectivity index (χ3v) is 2.20. The van der Waals surface area contributed by atoms with E-state index >= 15 is 0 Å². The summed E-state index contributed by atoms with van der Waals surface area (Å²) in [5.74, 6) is -0.362. The molecule has 0 spiro atoms. The van der Waals surface area contributed by atoms with E-state index in [0.29, 0.717) is 5.82 Å². The molecule has 0 aromatic carbocycles. The number of nitrogens with zero attached hydrogens (tertiary/aromatic N) is 3. The molecule has 1 N–H and O–H groups in total. The van der Waals surface area contributed by atoms with Crippen molar-refractivity contribution in [3.05, 3.63) is 18.1 Å². The number of nitrogens with one attached hydrogen (secondary N) is 1. The number of methoxy groups -OCH3 is 1. The third kappa shape index (κ3) is 3.41. The lowest BCUT2D eigenvalue weighted by Crippen LogP contribution is -2.36. The predicted octanol–water partition coefficient (Wildman–Crippen LogP) is 0.152. The van der Waals surface area contributed by atoms with Crippen molar-refractivity contribution in [3.8, 4) is 0 Å². The summed E-state index contributed by atoms with van der Waals surface area (Å²) in [5, 5.41) is 2.89. The Labute approximate surface area is 105 Å². The first kappa shape index (κ1) is 13.9. The standard InChI is InChI=1S/C11H16N4O3/c1-7(10(16)15(2)3)13-8-5-6-12-9(14-8)11(17)18-4/h5-7H,1-4H3,(H,12,13,14). The maximum absolute atomic E-state index is 11.7. The molecule has 0 saturated heterocycles. The Bertz CT molecular complexity index is 448. The smallest absolute Gasteiger partial charge is 0.376 e. The molecule has 0 aliphatic heterocycles. The van der Waals surface area contributed by atoms with Gasteiger partial charge in [-0.25, -0.2) is 14.8 Å². The van der Waals surface area contributed by atoms with Gasteiger partial charge in [0.1, 0.15) is 11.9 Å². The van der Waals surface area contributed by atoms with Gasteiger partial charge >= 0.3 is 5.97 Å². The molecule has 1 amide bonds. The van der Waals surface area contributed by atoms with Gasteiger partial charge in [-0.3, -0.25) is 4.79 Å². The normalized spacial score (nSPS) is 11.6. The second kappa shape index (κ2) is 5.95. The number of carbonyl (C=O) groups is 2. The van der Waals surface area contributed by atoms with Crippen molar-refractivity contribution in [1.82, 2.24) is 14.9 Å². The van der Waals surface area contributed by atoms with E-state index in [2.05, 4.69) is 20.0 Å². The van der Waals surface area contributed by atoms with E-state index in [1.165, 1.54) is 18.2 Å². The largest absolute Gasteiger partial charge is 0.463 e. The van der Waals surface area contributed by atoms with Crippen LogP contribution in [0.25, 0.3) is 0 Å². The topological polar surface area (TPSA) is 84.4 Å². The van der Waals surface area contributed by atoms with Gasteiger partial charge in [0.2, 0.25) is 11.7 Å². The number of rotatable bonds is 4. The van der Waals surface area contributed by atoms with Gasteiger partial charge in [-0.15, -0.1) is 0 Å². The van der Waals surface area contributed by atoms with Crippen molar-refractivity contribution in [1.29, 1.82) is 0 Å². The quantitative estimate of drug-likeness (QED) is 0.768. The summed E-state index contributed by atoms with van der Waals surface area (Å²) in [6.45, 7) is 1.71. The van der Waals surface area contributed by atoms with Gasteiger partial charge in [-0.2, -0.15) is 0 Å². The fourth-order valence-electron chi connectivity index (χ4n) is 1.30. The van der Waals surface area contributed by atoms with E-state index < -0.39 is 12.0 Å². The molecule has 0 aliphatic carbocycles. The minimum absolute atomic E-state index is 0.0491. The molecule has 18 heavy (non-hydrogen) atoms. The van der Waals surface area contributed by atoms with Crippen LogP contribution in [0.15, 0.2) is 12.3 Å². The number of hydrogen-bond donors (Lipinski definition) is 1. The van der Waals surface area contributed by atoms with E-state index in [-0.39, 0.29) is 11.7 Å². The van der Waals surface area contributed by atoms with Crippen LogP contribution in [-0.4, -0.2) is 54.0 Å². The number of amides is 1. The zero-order valence-corrected chi connectivity index (χ0v) is 10.8. The Morgan fingerprint density at radius 2 is 2.11 bits per heavy atom. The fraction of sp³-hybridized carbons (Fsp3) is 0.455. The zero-order chi connectivity index (χ0) is 13.7. The molecule has 0 fully saturated rings. The van der Waals surface area contributed by atoms with Gasteiger partial charge in [-0.1, -0.05) is 0 Å². The lowest BCUT2D eigenvalue weighted by Gasteiger charge is -2.18. The van der Waals surface area contributed by atoms with E-state index in [1.54, 1.807) is 27.1 Å². The average molecular weight is 252 g/mol. The Morgan fingerprint density at radius 3 is 2.67 bits per heavy atom. The third-order valence-electron chi connectivity index (χ3n) is 2.20. The first-order valence-corrected chi connectivity index (χ1v) is 5.34. The molecule has 0 bridgehead atoms. The molecule has 7 nitrogen and oxygen atoms in total. The number of hydrogen-bond acceptors (Lipinski definition) is 6. The molecule has 1 aromatic rings. The molecular weight excluding hydrogens is 236 g/mol. The highest BCUT2D eigenvalue weighted by atomic mass is 16.5. The van der Waals surface area contributed by atoms with E-state index in [0.717, 1.165) is 0 Å². The summed E-state index contributed by atoms with van der Waals surface area (Å²) in [6.07, 6.45) is 1.43. The van der Waals surface area contributed by atoms with Crippen LogP contribution in [0.4, 0.5) is 5.82 Å². The zero-order valence-electron chi connectivity index (χ0n) is 10.8. The van der Waals surface area contributed by atoms with Crippen LogP contribution in [0.3, 0.4) is 0 Å². The molecule has 1 unspecified atom stereocenters. The van der Waals surface area contributed by atoms with Crippen molar-refractivity contribution in [2.75, 3.05) is 26.5 Å². The number of aromatic nitrogens is 2. The van der Waals surface area contributed by atoms with Crippen LogP contribution in [0.1, 0.15) is 17.5 Å². The Hall–Kier alpha value is -2.18. The molecule has 98 valence electrons. The van der Waals surface area contributed by atoms with Gasteiger partial charge in [0.15, 0.2) is 0 Å². The molecule has 1 rings (SSSR count). The van der Waals surface area contributed by atoms with Crippen LogP contribution in [0, 0.1) is 0 Å². The van der Waals surface area contributed by atoms with Crippen molar-refractivity contribution in [2.45, 2.75) is 13.0 Å². The Kier molecular flexibility index (Phi) is 4.59. The summed E-state index contributed by atoms with van der Waals surface area (Å²) < 4.78 is 4.52. The molecule has 0 radical (unpaired) electrons. The lowest BCUT2D eigenvalue weighted by atomic mass is 10.3. The van der Waals surface area contributed by atoms with Crippen molar-refractivity contribution in [2.24, 2.45) is 0 Å². The minimum atomic E-state index is -0.620. The highest BCUT2D eigenvalue weighted by Crippen LogP contribution is 2.06. The van der Waals surface area contributed by atoms with E-state index in [9.17, 15) is 9.59 Å². The maximum Gasteiger partial charge on any atom is 0.376 e. The monoisotopic (exact) mass is 252 g/mol. The van der Waals surface area contributed by atoms with E-state index in [1.807, 2.05) is 0 Å². The molecule has 7 heteroatoms. The van der Waals surface area contributed by atoms with Gasteiger partial charge in [0.05, 0.1) is 7.11 Å².